The maximum absolute atomic E-state index is 12.6. The molecule has 1 fully saturated rings. The lowest BCUT2D eigenvalue weighted by Gasteiger charge is -2.16. The average Bonchev–Trinajstić information content (AvgIpc) is 3.44. The van der Waals surface area contributed by atoms with Crippen molar-refractivity contribution >= 4 is 29.0 Å². The van der Waals surface area contributed by atoms with Crippen molar-refractivity contribution < 1.29 is 14.4 Å². The van der Waals surface area contributed by atoms with Crippen LogP contribution in [0.15, 0.2) is 48.5 Å². The number of nitrogens with zero attached hydrogens (tertiary/aromatic N) is 1. The molecule has 130 valence electrons. The molecule has 6 nitrogen and oxygen atoms in total. The Bertz CT molecular complexity index is 922. The highest BCUT2D eigenvalue weighted by atomic mass is 16.2. The van der Waals surface area contributed by atoms with Gasteiger partial charge in [-0.3, -0.25) is 14.4 Å². The van der Waals surface area contributed by atoms with Crippen molar-refractivity contribution in [1.29, 1.82) is 5.26 Å². The van der Waals surface area contributed by atoms with Crippen LogP contribution < -0.4 is 10.6 Å². The van der Waals surface area contributed by atoms with Gasteiger partial charge in [0.1, 0.15) is 5.41 Å². The summed E-state index contributed by atoms with van der Waals surface area (Å²) >= 11 is 0. The first-order valence-corrected chi connectivity index (χ1v) is 8.19. The summed E-state index contributed by atoms with van der Waals surface area (Å²) in [5.41, 5.74) is 0.911. The first-order chi connectivity index (χ1) is 12.4. The molecule has 2 N–H and O–H groups in total. The molecule has 0 heterocycles. The molecule has 0 bridgehead atoms. The number of ketones is 1. The fraction of sp³-hybridized carbons (Fsp3) is 0.200. The minimum absolute atomic E-state index is 0.0965. The smallest absolute Gasteiger partial charge is 0.240 e. The lowest BCUT2D eigenvalue weighted by Crippen LogP contribution is -2.35. The zero-order valence-electron chi connectivity index (χ0n) is 14.2. The van der Waals surface area contributed by atoms with Gasteiger partial charge in [-0.2, -0.15) is 5.26 Å². The zero-order chi connectivity index (χ0) is 18.7. The van der Waals surface area contributed by atoms with E-state index in [4.69, 9.17) is 5.26 Å². The molecule has 2 aromatic carbocycles. The second kappa shape index (κ2) is 6.81. The predicted octanol–water partition coefficient (Wildman–Crippen LogP) is 3.12. The molecule has 6 heteroatoms. The van der Waals surface area contributed by atoms with E-state index in [-0.39, 0.29) is 17.6 Å². The summed E-state index contributed by atoms with van der Waals surface area (Å²) in [5.74, 6) is -0.854. The number of nitrogens with one attached hydrogen (secondary N) is 2. The Kier molecular flexibility index (Phi) is 4.55. The van der Waals surface area contributed by atoms with Crippen molar-refractivity contribution in [2.24, 2.45) is 5.41 Å². The van der Waals surface area contributed by atoms with Crippen molar-refractivity contribution in [3.8, 4) is 6.07 Å². The highest BCUT2D eigenvalue weighted by molar-refractivity contribution is 6.17. The molecule has 0 unspecified atom stereocenters. The molecule has 0 aliphatic heterocycles. The lowest BCUT2D eigenvalue weighted by atomic mass is 10.0. The van der Waals surface area contributed by atoms with Gasteiger partial charge in [-0.25, -0.2) is 0 Å². The van der Waals surface area contributed by atoms with Crippen LogP contribution in [0.25, 0.3) is 0 Å². The van der Waals surface area contributed by atoms with E-state index in [9.17, 15) is 14.4 Å². The first kappa shape index (κ1) is 17.4. The van der Waals surface area contributed by atoms with Gasteiger partial charge in [0.05, 0.1) is 11.6 Å². The molecule has 0 atom stereocenters. The summed E-state index contributed by atoms with van der Waals surface area (Å²) in [5, 5.41) is 14.3. The minimum atomic E-state index is -1.10. The van der Waals surface area contributed by atoms with Gasteiger partial charge in [0.2, 0.25) is 11.8 Å². The summed E-state index contributed by atoms with van der Waals surface area (Å²) in [6, 6.07) is 15.1. The summed E-state index contributed by atoms with van der Waals surface area (Å²) < 4.78 is 0. The molecule has 1 aliphatic rings. The maximum atomic E-state index is 12.6. The molecule has 1 aliphatic carbocycles. The van der Waals surface area contributed by atoms with Crippen LogP contribution in [0.2, 0.25) is 0 Å². The number of carbonyl (C=O) groups excluding carboxylic acids is 3. The molecule has 3 rings (SSSR count). The largest absolute Gasteiger partial charge is 0.325 e. The molecular formula is C20H17N3O3. The summed E-state index contributed by atoms with van der Waals surface area (Å²) in [6.07, 6.45) is 0.931. The lowest BCUT2D eigenvalue weighted by molar-refractivity contribution is -0.131. The molecule has 0 radical (unpaired) electrons. The Morgan fingerprint density at radius 1 is 0.962 bits per heavy atom. The first-order valence-electron chi connectivity index (χ1n) is 8.19. The van der Waals surface area contributed by atoms with Crippen molar-refractivity contribution in [2.45, 2.75) is 19.8 Å². The van der Waals surface area contributed by atoms with E-state index >= 15 is 0 Å². The molecule has 0 aromatic heterocycles. The number of nitriles is 1. The van der Waals surface area contributed by atoms with Gasteiger partial charge in [0.25, 0.3) is 0 Å². The van der Waals surface area contributed by atoms with E-state index in [2.05, 4.69) is 10.6 Å². The quantitative estimate of drug-likeness (QED) is 0.641. The van der Waals surface area contributed by atoms with Gasteiger partial charge in [0.15, 0.2) is 5.78 Å². The molecule has 2 aromatic rings. The number of rotatable bonds is 5. The SMILES string of the molecule is CC(=O)c1cccc(NC(=O)C2(C(=O)Nc3ccc(C#N)cc3)CC2)c1. The van der Waals surface area contributed by atoms with E-state index in [1.54, 1.807) is 48.5 Å². The van der Waals surface area contributed by atoms with Crippen molar-refractivity contribution in [3.63, 3.8) is 0 Å². The standard InChI is InChI=1S/C20H17N3O3/c1-13(24)15-3-2-4-17(11-15)23-19(26)20(9-10-20)18(25)22-16-7-5-14(12-21)6-8-16/h2-8,11H,9-10H2,1H3,(H,22,25)(H,23,26). The molecule has 0 spiro atoms. The van der Waals surface area contributed by atoms with Gasteiger partial charge in [-0.05, 0) is 56.2 Å². The van der Waals surface area contributed by atoms with Gasteiger partial charge >= 0.3 is 0 Å². The van der Waals surface area contributed by atoms with Crippen LogP contribution in [0.1, 0.15) is 35.7 Å². The maximum Gasteiger partial charge on any atom is 0.240 e. The fourth-order valence-corrected chi connectivity index (χ4v) is 2.63. The van der Waals surface area contributed by atoms with Crippen LogP contribution in [-0.4, -0.2) is 17.6 Å². The molecule has 2 amide bonds. The number of benzene rings is 2. The number of amides is 2. The topological polar surface area (TPSA) is 99.1 Å². The Labute approximate surface area is 150 Å². The Morgan fingerprint density at radius 3 is 2.12 bits per heavy atom. The van der Waals surface area contributed by atoms with Crippen molar-refractivity contribution in [1.82, 2.24) is 0 Å². The second-order valence-electron chi connectivity index (χ2n) is 6.32. The number of Topliss-reactive ketones (excluding diaryl/α,β-unsaturated/α-hetero) is 1. The van der Waals surface area contributed by atoms with Gasteiger partial charge < -0.3 is 10.6 Å². The monoisotopic (exact) mass is 347 g/mol. The third-order valence-corrected chi connectivity index (χ3v) is 4.42. The van der Waals surface area contributed by atoms with Gasteiger partial charge in [0, 0.05) is 16.9 Å². The third-order valence-electron chi connectivity index (χ3n) is 4.42. The molecule has 0 saturated heterocycles. The minimum Gasteiger partial charge on any atom is -0.325 e. The van der Waals surface area contributed by atoms with E-state index in [1.807, 2.05) is 6.07 Å². The third kappa shape index (κ3) is 3.47. The number of carbonyl (C=O) groups is 3. The summed E-state index contributed by atoms with van der Waals surface area (Å²) in [7, 11) is 0. The average molecular weight is 347 g/mol. The molecule has 1 saturated carbocycles. The van der Waals surface area contributed by atoms with E-state index in [1.165, 1.54) is 6.92 Å². The van der Waals surface area contributed by atoms with Crippen molar-refractivity contribution in [2.75, 3.05) is 10.6 Å². The number of hydrogen-bond acceptors (Lipinski definition) is 4. The van der Waals surface area contributed by atoms with Crippen LogP contribution in [0, 0.1) is 16.7 Å². The molecular weight excluding hydrogens is 330 g/mol. The number of hydrogen-bond donors (Lipinski definition) is 2. The molecule has 26 heavy (non-hydrogen) atoms. The van der Waals surface area contributed by atoms with Gasteiger partial charge in [-0.15, -0.1) is 0 Å². The van der Waals surface area contributed by atoms with E-state index in [0.717, 1.165) is 0 Å². The van der Waals surface area contributed by atoms with Gasteiger partial charge in [-0.1, -0.05) is 12.1 Å². The number of anilines is 2. The Hall–Kier alpha value is -3.46. The van der Waals surface area contributed by atoms with Crippen LogP contribution in [0.5, 0.6) is 0 Å². The normalized spacial score (nSPS) is 14.0. The Balaban J connectivity index is 1.70. The van der Waals surface area contributed by atoms with E-state index < -0.39 is 5.41 Å². The summed E-state index contributed by atoms with van der Waals surface area (Å²) in [6.45, 7) is 1.45. The van der Waals surface area contributed by atoms with E-state index in [0.29, 0.717) is 35.3 Å². The van der Waals surface area contributed by atoms with Crippen LogP contribution >= 0.6 is 0 Å². The zero-order valence-corrected chi connectivity index (χ0v) is 14.2. The second-order valence-corrected chi connectivity index (χ2v) is 6.32. The highest BCUT2D eigenvalue weighted by Gasteiger charge is 2.56. The van der Waals surface area contributed by atoms with Crippen LogP contribution in [-0.2, 0) is 9.59 Å². The Morgan fingerprint density at radius 2 is 1.58 bits per heavy atom. The van der Waals surface area contributed by atoms with Crippen LogP contribution in [0.4, 0.5) is 11.4 Å². The summed E-state index contributed by atoms with van der Waals surface area (Å²) in [4.78, 5) is 36.6. The van der Waals surface area contributed by atoms with Crippen molar-refractivity contribution in [3.05, 3.63) is 59.7 Å². The fourth-order valence-electron chi connectivity index (χ4n) is 2.63. The predicted molar refractivity (Wildman–Crippen MR) is 96.5 cm³/mol. The highest BCUT2D eigenvalue weighted by Crippen LogP contribution is 2.47. The van der Waals surface area contributed by atoms with Crippen LogP contribution in [0.3, 0.4) is 0 Å².